The summed E-state index contributed by atoms with van der Waals surface area (Å²) >= 11 is 4.43. The minimum Gasteiger partial charge on any atom is -0.323 e. The molecule has 1 amide bonds. The first-order valence-corrected chi connectivity index (χ1v) is 9.56. The quantitative estimate of drug-likeness (QED) is 0.603. The fourth-order valence-electron chi connectivity index (χ4n) is 2.41. The Labute approximate surface area is 163 Å². The molecule has 8 heteroatoms. The van der Waals surface area contributed by atoms with Gasteiger partial charge in [-0.1, -0.05) is 52.0 Å². The summed E-state index contributed by atoms with van der Waals surface area (Å²) < 4.78 is 16.3. The Morgan fingerprint density at radius 1 is 1.27 bits per heavy atom. The maximum atomic E-state index is 13.8. The van der Waals surface area contributed by atoms with Gasteiger partial charge in [0.25, 0.3) is 0 Å². The fourth-order valence-corrected chi connectivity index (χ4v) is 3.45. The topological polar surface area (TPSA) is 59.8 Å². The molecule has 0 unspecified atom stereocenters. The largest absolute Gasteiger partial charge is 0.323 e. The zero-order valence-corrected chi connectivity index (χ0v) is 16.6. The number of carbonyl (C=O) groups excluding carboxylic acids is 1. The van der Waals surface area contributed by atoms with Gasteiger partial charge in [-0.05, 0) is 30.7 Å². The number of carbonyl (C=O) groups is 1. The predicted molar refractivity (Wildman–Crippen MR) is 105 cm³/mol. The molecule has 0 aliphatic rings. The SMILES string of the molecule is Cc1ccccc1-c1nnc(SCC(=O)Nc2ccc(Br)cc2F)n1C. The van der Waals surface area contributed by atoms with Gasteiger partial charge in [0.15, 0.2) is 11.0 Å². The van der Waals surface area contributed by atoms with Crippen LogP contribution in [0.2, 0.25) is 0 Å². The van der Waals surface area contributed by atoms with Crippen molar-refractivity contribution in [3.8, 4) is 11.4 Å². The van der Waals surface area contributed by atoms with E-state index in [0.29, 0.717) is 9.63 Å². The summed E-state index contributed by atoms with van der Waals surface area (Å²) in [5.41, 5.74) is 2.25. The van der Waals surface area contributed by atoms with Gasteiger partial charge in [0.05, 0.1) is 11.4 Å². The highest BCUT2D eigenvalue weighted by Crippen LogP contribution is 2.25. The lowest BCUT2D eigenvalue weighted by molar-refractivity contribution is -0.113. The van der Waals surface area contributed by atoms with Crippen molar-refractivity contribution in [2.75, 3.05) is 11.1 Å². The maximum Gasteiger partial charge on any atom is 0.234 e. The van der Waals surface area contributed by atoms with Crippen LogP contribution >= 0.6 is 27.7 Å². The third-order valence-corrected chi connectivity index (χ3v) is 5.27. The predicted octanol–water partition coefficient (Wildman–Crippen LogP) is 4.42. The third kappa shape index (κ3) is 4.13. The average molecular weight is 435 g/mol. The molecule has 2 aromatic carbocycles. The van der Waals surface area contributed by atoms with E-state index in [1.165, 1.54) is 23.9 Å². The van der Waals surface area contributed by atoms with Crippen molar-refractivity contribution in [1.29, 1.82) is 0 Å². The van der Waals surface area contributed by atoms with Crippen molar-refractivity contribution in [3.63, 3.8) is 0 Å². The molecule has 1 heterocycles. The van der Waals surface area contributed by atoms with Crippen LogP contribution in [0.3, 0.4) is 0 Å². The summed E-state index contributed by atoms with van der Waals surface area (Å²) in [6.07, 6.45) is 0. The van der Waals surface area contributed by atoms with E-state index >= 15 is 0 Å². The Hall–Kier alpha value is -2.19. The van der Waals surface area contributed by atoms with Crippen LogP contribution in [-0.2, 0) is 11.8 Å². The van der Waals surface area contributed by atoms with Crippen molar-refractivity contribution < 1.29 is 9.18 Å². The second-order valence-electron chi connectivity index (χ2n) is 5.64. The molecule has 0 saturated heterocycles. The maximum absolute atomic E-state index is 13.8. The molecule has 1 aromatic heterocycles. The minimum absolute atomic E-state index is 0.106. The number of benzene rings is 2. The second-order valence-corrected chi connectivity index (χ2v) is 7.50. The Bertz CT molecular complexity index is 960. The van der Waals surface area contributed by atoms with Gasteiger partial charge in [-0.25, -0.2) is 4.39 Å². The molecule has 0 saturated carbocycles. The van der Waals surface area contributed by atoms with Crippen LogP contribution in [0.5, 0.6) is 0 Å². The number of aryl methyl sites for hydroxylation is 1. The standard InChI is InChI=1S/C18H16BrFN4OS/c1-11-5-3-4-6-13(11)17-22-23-18(24(17)2)26-10-16(25)21-15-8-7-12(19)9-14(15)20/h3-9H,10H2,1-2H3,(H,21,25). The zero-order chi connectivity index (χ0) is 18.7. The lowest BCUT2D eigenvalue weighted by atomic mass is 10.1. The van der Waals surface area contributed by atoms with E-state index in [0.717, 1.165) is 17.0 Å². The van der Waals surface area contributed by atoms with Crippen molar-refractivity contribution >= 4 is 39.3 Å². The van der Waals surface area contributed by atoms with Gasteiger partial charge >= 0.3 is 0 Å². The summed E-state index contributed by atoms with van der Waals surface area (Å²) in [6.45, 7) is 2.01. The van der Waals surface area contributed by atoms with Gasteiger partial charge in [0.2, 0.25) is 5.91 Å². The lowest BCUT2D eigenvalue weighted by Gasteiger charge is -2.07. The molecule has 26 heavy (non-hydrogen) atoms. The van der Waals surface area contributed by atoms with Crippen LogP contribution < -0.4 is 5.32 Å². The van der Waals surface area contributed by atoms with Crippen LogP contribution in [0.25, 0.3) is 11.4 Å². The molecular weight excluding hydrogens is 419 g/mol. The van der Waals surface area contributed by atoms with Gasteiger partial charge in [0, 0.05) is 17.1 Å². The van der Waals surface area contributed by atoms with E-state index in [2.05, 4.69) is 31.4 Å². The van der Waals surface area contributed by atoms with Gasteiger partial charge in [-0.15, -0.1) is 10.2 Å². The summed E-state index contributed by atoms with van der Waals surface area (Å²) in [5.74, 6) is 0.0507. The minimum atomic E-state index is -0.488. The van der Waals surface area contributed by atoms with Gasteiger partial charge in [0.1, 0.15) is 5.82 Å². The Morgan fingerprint density at radius 2 is 2.04 bits per heavy atom. The normalized spacial score (nSPS) is 10.8. The molecule has 1 N–H and O–H groups in total. The average Bonchev–Trinajstić information content (AvgIpc) is 2.97. The highest BCUT2D eigenvalue weighted by molar-refractivity contribution is 9.10. The number of nitrogens with zero attached hydrogens (tertiary/aromatic N) is 3. The Morgan fingerprint density at radius 3 is 2.77 bits per heavy atom. The molecule has 0 spiro atoms. The number of anilines is 1. The number of hydrogen-bond donors (Lipinski definition) is 1. The number of aromatic nitrogens is 3. The van der Waals surface area contributed by atoms with Crippen molar-refractivity contribution in [1.82, 2.24) is 14.8 Å². The van der Waals surface area contributed by atoms with Crippen LogP contribution in [0, 0.1) is 12.7 Å². The third-order valence-electron chi connectivity index (χ3n) is 3.76. The van der Waals surface area contributed by atoms with E-state index < -0.39 is 5.82 Å². The number of amides is 1. The van der Waals surface area contributed by atoms with E-state index in [4.69, 9.17) is 0 Å². The monoisotopic (exact) mass is 434 g/mol. The van der Waals surface area contributed by atoms with Crippen LogP contribution in [0.4, 0.5) is 10.1 Å². The van der Waals surface area contributed by atoms with Gasteiger partial charge in [-0.3, -0.25) is 4.79 Å². The lowest BCUT2D eigenvalue weighted by Crippen LogP contribution is -2.15. The molecule has 0 aliphatic carbocycles. The highest BCUT2D eigenvalue weighted by atomic mass is 79.9. The molecular formula is C18H16BrFN4OS. The smallest absolute Gasteiger partial charge is 0.234 e. The van der Waals surface area contributed by atoms with Crippen LogP contribution in [0.1, 0.15) is 5.56 Å². The van der Waals surface area contributed by atoms with E-state index in [1.54, 1.807) is 6.07 Å². The Kier molecular flexibility index (Phi) is 5.73. The molecule has 0 radical (unpaired) electrons. The summed E-state index contributed by atoms with van der Waals surface area (Å²) in [4.78, 5) is 12.1. The summed E-state index contributed by atoms with van der Waals surface area (Å²) in [5, 5.41) is 11.6. The van der Waals surface area contributed by atoms with E-state index in [9.17, 15) is 9.18 Å². The van der Waals surface area contributed by atoms with Crippen molar-refractivity contribution in [2.24, 2.45) is 7.05 Å². The fraction of sp³-hybridized carbons (Fsp3) is 0.167. The molecule has 0 atom stereocenters. The number of nitrogens with one attached hydrogen (secondary N) is 1. The number of rotatable bonds is 5. The molecule has 3 rings (SSSR count). The molecule has 0 aliphatic heterocycles. The van der Waals surface area contributed by atoms with Gasteiger partial charge in [-0.2, -0.15) is 0 Å². The summed E-state index contributed by atoms with van der Waals surface area (Å²) in [7, 11) is 1.86. The second kappa shape index (κ2) is 8.01. The Balaban J connectivity index is 1.67. The first-order valence-electron chi connectivity index (χ1n) is 7.79. The number of halogens is 2. The van der Waals surface area contributed by atoms with Crippen LogP contribution in [-0.4, -0.2) is 26.4 Å². The number of thioether (sulfide) groups is 1. The molecule has 5 nitrogen and oxygen atoms in total. The van der Waals surface area contributed by atoms with Crippen LogP contribution in [0.15, 0.2) is 52.1 Å². The van der Waals surface area contributed by atoms with Gasteiger partial charge < -0.3 is 9.88 Å². The number of hydrogen-bond acceptors (Lipinski definition) is 4. The van der Waals surface area contributed by atoms with E-state index in [-0.39, 0.29) is 17.3 Å². The van der Waals surface area contributed by atoms with Crippen molar-refractivity contribution in [3.05, 3.63) is 58.3 Å². The first kappa shape index (κ1) is 18.6. The first-order chi connectivity index (χ1) is 12.5. The molecule has 0 bridgehead atoms. The van der Waals surface area contributed by atoms with E-state index in [1.807, 2.05) is 42.8 Å². The highest BCUT2D eigenvalue weighted by Gasteiger charge is 2.15. The van der Waals surface area contributed by atoms with Crippen molar-refractivity contribution in [2.45, 2.75) is 12.1 Å². The zero-order valence-electron chi connectivity index (χ0n) is 14.2. The molecule has 0 fully saturated rings. The molecule has 3 aromatic rings. The molecule has 134 valence electrons. The summed E-state index contributed by atoms with van der Waals surface area (Å²) in [6, 6.07) is 12.4.